The Balaban J connectivity index is 0. The summed E-state index contributed by atoms with van der Waals surface area (Å²) in [6.07, 6.45) is 4.86. The zero-order valence-corrected chi connectivity index (χ0v) is 13.8. The minimum absolute atomic E-state index is 0.197. The Hall–Kier alpha value is -1.14. The fourth-order valence-electron chi connectivity index (χ4n) is 1.31. The molecule has 6 heteroatoms. The number of unbranched alkanes of at least 4 members (excludes halogenated alkanes) is 3. The SMILES string of the molecule is COCCCCCOC(C)=O.COCCCCOC(C)=O. The first-order chi connectivity index (χ1) is 10.0. The molecule has 0 aromatic rings. The summed E-state index contributed by atoms with van der Waals surface area (Å²) in [7, 11) is 3.35. The largest absolute Gasteiger partial charge is 0.466 e. The minimum atomic E-state index is -0.211. The monoisotopic (exact) mass is 306 g/mol. The van der Waals surface area contributed by atoms with Crippen LogP contribution in [0.4, 0.5) is 0 Å². The molecular weight excluding hydrogens is 276 g/mol. The lowest BCUT2D eigenvalue weighted by atomic mass is 10.2. The van der Waals surface area contributed by atoms with Crippen molar-refractivity contribution in [2.24, 2.45) is 0 Å². The summed E-state index contributed by atoms with van der Waals surface area (Å²) in [5.74, 6) is -0.408. The Morgan fingerprint density at radius 1 is 0.619 bits per heavy atom. The first kappa shape index (κ1) is 22.1. The third-order valence-corrected chi connectivity index (χ3v) is 2.35. The highest BCUT2D eigenvalue weighted by Crippen LogP contribution is 1.95. The quantitative estimate of drug-likeness (QED) is 0.431. The Morgan fingerprint density at radius 2 is 0.952 bits per heavy atom. The lowest BCUT2D eigenvalue weighted by molar-refractivity contribution is -0.142. The molecule has 0 aromatic carbocycles. The number of rotatable bonds is 11. The van der Waals surface area contributed by atoms with Crippen molar-refractivity contribution in [1.82, 2.24) is 0 Å². The number of methoxy groups -OCH3 is 2. The van der Waals surface area contributed by atoms with Gasteiger partial charge in [-0.1, -0.05) is 0 Å². The standard InChI is InChI=1S/C8H16O3.C7H14O3/c1-8(9)11-7-5-3-4-6-10-2;1-7(8)10-6-4-3-5-9-2/h3-7H2,1-2H3;3-6H2,1-2H3. The van der Waals surface area contributed by atoms with Crippen molar-refractivity contribution in [3.63, 3.8) is 0 Å². The van der Waals surface area contributed by atoms with Crippen LogP contribution in [-0.4, -0.2) is 52.6 Å². The predicted octanol–water partition coefficient (Wildman–Crippen LogP) is 2.34. The van der Waals surface area contributed by atoms with Crippen LogP contribution in [0.15, 0.2) is 0 Å². The molecule has 0 aromatic heterocycles. The average molecular weight is 306 g/mol. The van der Waals surface area contributed by atoms with E-state index in [1.54, 1.807) is 14.2 Å². The normalized spacial score (nSPS) is 9.52. The molecular formula is C15H30O6. The molecule has 0 aliphatic heterocycles. The Morgan fingerprint density at radius 3 is 1.33 bits per heavy atom. The van der Waals surface area contributed by atoms with Gasteiger partial charge in [-0.05, 0) is 32.1 Å². The smallest absolute Gasteiger partial charge is 0.302 e. The van der Waals surface area contributed by atoms with Gasteiger partial charge >= 0.3 is 11.9 Å². The molecule has 0 aliphatic carbocycles. The average Bonchev–Trinajstić information content (AvgIpc) is 2.42. The molecule has 0 bridgehead atoms. The molecule has 0 saturated heterocycles. The number of carbonyl (C=O) groups is 2. The maximum absolute atomic E-state index is 10.3. The summed E-state index contributed by atoms with van der Waals surface area (Å²) in [4.78, 5) is 20.5. The number of esters is 2. The summed E-state index contributed by atoms with van der Waals surface area (Å²) in [5.41, 5.74) is 0. The number of hydrogen-bond acceptors (Lipinski definition) is 6. The highest BCUT2D eigenvalue weighted by molar-refractivity contribution is 5.66. The molecule has 0 fully saturated rings. The third kappa shape index (κ3) is 27.9. The molecule has 0 N–H and O–H groups in total. The summed E-state index contributed by atoms with van der Waals surface area (Å²) in [5, 5.41) is 0. The van der Waals surface area contributed by atoms with E-state index in [1.807, 2.05) is 0 Å². The van der Waals surface area contributed by atoms with E-state index in [2.05, 4.69) is 0 Å². The highest BCUT2D eigenvalue weighted by Gasteiger charge is 1.92. The minimum Gasteiger partial charge on any atom is -0.466 e. The van der Waals surface area contributed by atoms with Crippen molar-refractivity contribution in [2.75, 3.05) is 40.6 Å². The van der Waals surface area contributed by atoms with E-state index in [4.69, 9.17) is 18.9 Å². The van der Waals surface area contributed by atoms with Gasteiger partial charge < -0.3 is 18.9 Å². The van der Waals surface area contributed by atoms with E-state index in [0.29, 0.717) is 13.2 Å². The summed E-state index contributed by atoms with van der Waals surface area (Å²) >= 11 is 0. The molecule has 0 atom stereocenters. The number of ether oxygens (including phenoxy) is 4. The molecule has 126 valence electrons. The van der Waals surface area contributed by atoms with Crippen molar-refractivity contribution in [3.8, 4) is 0 Å². The maximum Gasteiger partial charge on any atom is 0.302 e. The Kier molecular flexibility index (Phi) is 19.9. The van der Waals surface area contributed by atoms with Crippen LogP contribution in [0.3, 0.4) is 0 Å². The molecule has 0 amide bonds. The van der Waals surface area contributed by atoms with E-state index in [-0.39, 0.29) is 11.9 Å². The molecule has 0 spiro atoms. The second kappa shape index (κ2) is 18.9. The highest BCUT2D eigenvalue weighted by atomic mass is 16.5. The van der Waals surface area contributed by atoms with Crippen LogP contribution in [0.25, 0.3) is 0 Å². The topological polar surface area (TPSA) is 71.1 Å². The first-order valence-corrected chi connectivity index (χ1v) is 7.29. The maximum atomic E-state index is 10.3. The van der Waals surface area contributed by atoms with Gasteiger partial charge in [0, 0.05) is 41.3 Å². The fraction of sp³-hybridized carbons (Fsp3) is 0.867. The Bertz CT molecular complexity index is 242. The van der Waals surface area contributed by atoms with Crippen LogP contribution in [0.5, 0.6) is 0 Å². The fourth-order valence-corrected chi connectivity index (χ4v) is 1.31. The van der Waals surface area contributed by atoms with Crippen LogP contribution in [-0.2, 0) is 28.5 Å². The van der Waals surface area contributed by atoms with Crippen molar-refractivity contribution >= 4 is 11.9 Å². The van der Waals surface area contributed by atoms with Gasteiger partial charge in [-0.15, -0.1) is 0 Å². The van der Waals surface area contributed by atoms with Crippen LogP contribution < -0.4 is 0 Å². The van der Waals surface area contributed by atoms with Crippen molar-refractivity contribution in [2.45, 2.75) is 46.0 Å². The molecule has 0 heterocycles. The lowest BCUT2D eigenvalue weighted by Crippen LogP contribution is -2.01. The van der Waals surface area contributed by atoms with Gasteiger partial charge in [-0.25, -0.2) is 0 Å². The van der Waals surface area contributed by atoms with Gasteiger partial charge in [0.1, 0.15) is 0 Å². The van der Waals surface area contributed by atoms with Crippen molar-refractivity contribution in [1.29, 1.82) is 0 Å². The number of carbonyl (C=O) groups excluding carboxylic acids is 2. The second-order valence-corrected chi connectivity index (χ2v) is 4.43. The lowest BCUT2D eigenvalue weighted by Gasteiger charge is -2.00. The summed E-state index contributed by atoms with van der Waals surface area (Å²) in [6, 6.07) is 0. The van der Waals surface area contributed by atoms with E-state index in [9.17, 15) is 9.59 Å². The molecule has 0 rings (SSSR count). The summed E-state index contributed by atoms with van der Waals surface area (Å²) in [6.45, 7) is 5.42. The Labute approximate surface area is 128 Å². The molecule has 0 saturated carbocycles. The van der Waals surface area contributed by atoms with E-state index < -0.39 is 0 Å². The zero-order chi connectivity index (χ0) is 16.3. The molecule has 0 unspecified atom stereocenters. The van der Waals surface area contributed by atoms with E-state index in [0.717, 1.165) is 45.3 Å². The van der Waals surface area contributed by atoms with Gasteiger partial charge in [0.05, 0.1) is 13.2 Å². The van der Waals surface area contributed by atoms with Gasteiger partial charge in [0.25, 0.3) is 0 Å². The molecule has 0 radical (unpaired) electrons. The molecule has 0 aliphatic rings. The van der Waals surface area contributed by atoms with Crippen LogP contribution in [0.2, 0.25) is 0 Å². The number of hydrogen-bond donors (Lipinski definition) is 0. The van der Waals surface area contributed by atoms with Crippen molar-refractivity contribution in [3.05, 3.63) is 0 Å². The van der Waals surface area contributed by atoms with Gasteiger partial charge in [-0.3, -0.25) is 9.59 Å². The van der Waals surface area contributed by atoms with Crippen LogP contribution in [0, 0.1) is 0 Å². The predicted molar refractivity (Wildman–Crippen MR) is 80.1 cm³/mol. The van der Waals surface area contributed by atoms with Crippen LogP contribution in [0.1, 0.15) is 46.0 Å². The first-order valence-electron chi connectivity index (χ1n) is 7.29. The zero-order valence-electron chi connectivity index (χ0n) is 13.8. The van der Waals surface area contributed by atoms with Gasteiger partial charge in [-0.2, -0.15) is 0 Å². The van der Waals surface area contributed by atoms with Crippen LogP contribution >= 0.6 is 0 Å². The molecule has 21 heavy (non-hydrogen) atoms. The van der Waals surface area contributed by atoms with Gasteiger partial charge in [0.15, 0.2) is 0 Å². The molecule has 6 nitrogen and oxygen atoms in total. The summed E-state index contributed by atoms with van der Waals surface area (Å²) < 4.78 is 19.1. The third-order valence-electron chi connectivity index (χ3n) is 2.35. The second-order valence-electron chi connectivity index (χ2n) is 4.43. The van der Waals surface area contributed by atoms with Crippen molar-refractivity contribution < 1.29 is 28.5 Å². The van der Waals surface area contributed by atoms with E-state index in [1.165, 1.54) is 13.8 Å². The van der Waals surface area contributed by atoms with E-state index >= 15 is 0 Å². The van der Waals surface area contributed by atoms with Gasteiger partial charge in [0.2, 0.25) is 0 Å².